The molecule has 0 aliphatic carbocycles. The number of fused-ring (bicyclic) bond motifs is 1. The lowest BCUT2D eigenvalue weighted by molar-refractivity contribution is -0.757. The number of methoxy groups -OCH3 is 1. The molecule has 1 aromatic heterocycles. The van der Waals surface area contributed by atoms with Crippen LogP contribution in [0.25, 0.3) is 10.9 Å². The molecule has 1 N–H and O–H groups in total. The molecule has 7 nitrogen and oxygen atoms in total. The smallest absolute Gasteiger partial charge is 0.294 e. The van der Waals surface area contributed by atoms with Gasteiger partial charge in [0.1, 0.15) is 7.05 Å². The number of aryl methyl sites for hydroxylation is 1. The molecule has 124 valence electrons. The Morgan fingerprint density at radius 1 is 1.26 bits per heavy atom. The van der Waals surface area contributed by atoms with Gasteiger partial charge in [-0.05, 0) is 31.4 Å². The number of nitrogens with one attached hydrogen (secondary N) is 1. The second-order valence-corrected chi connectivity index (χ2v) is 5.24. The van der Waals surface area contributed by atoms with Crippen LogP contribution in [0.15, 0.2) is 30.5 Å². The number of hydrogen-bond acceptors (Lipinski definition) is 5. The fraction of sp³-hybridized carbons (Fsp3) is 0.438. The van der Waals surface area contributed by atoms with Crippen LogP contribution in [-0.2, 0) is 11.9 Å². The van der Waals surface area contributed by atoms with Crippen molar-refractivity contribution in [3.63, 3.8) is 0 Å². The van der Waals surface area contributed by atoms with Crippen LogP contribution in [0.2, 0.25) is 0 Å². The third-order valence-electron chi connectivity index (χ3n) is 3.66. The number of ether oxygens (including phenoxy) is 1. The average molecular weight is 320 g/mol. The van der Waals surface area contributed by atoms with Crippen molar-refractivity contribution in [2.45, 2.75) is 19.3 Å². The van der Waals surface area contributed by atoms with Crippen molar-refractivity contribution in [2.24, 2.45) is 7.05 Å². The first-order valence-corrected chi connectivity index (χ1v) is 7.60. The first-order valence-electron chi connectivity index (χ1n) is 7.60. The number of rotatable bonds is 9. The molecule has 0 amide bonds. The van der Waals surface area contributed by atoms with Crippen LogP contribution in [0, 0.1) is 10.1 Å². The average Bonchev–Trinajstić information content (AvgIpc) is 2.55. The van der Waals surface area contributed by atoms with Gasteiger partial charge < -0.3 is 14.9 Å². The van der Waals surface area contributed by atoms with Crippen LogP contribution in [0.4, 0.5) is 5.69 Å². The van der Waals surface area contributed by atoms with E-state index in [4.69, 9.17) is 4.74 Å². The van der Waals surface area contributed by atoms with Crippen molar-refractivity contribution >= 4 is 16.6 Å². The fourth-order valence-electron chi connectivity index (χ4n) is 2.54. The highest BCUT2D eigenvalue weighted by Gasteiger charge is 2.14. The highest BCUT2D eigenvalue weighted by atomic mass is 16.9. The molecule has 1 aromatic carbocycles. The molecule has 0 saturated heterocycles. The van der Waals surface area contributed by atoms with Gasteiger partial charge in [0.05, 0.1) is 24.8 Å². The lowest BCUT2D eigenvalue weighted by Crippen LogP contribution is -2.29. The zero-order chi connectivity index (χ0) is 16.7. The molecule has 2 aromatic rings. The number of pyridine rings is 1. The Labute approximate surface area is 134 Å². The maximum atomic E-state index is 10.0. The predicted octanol–water partition coefficient (Wildman–Crippen LogP) is 2.46. The van der Waals surface area contributed by atoms with Gasteiger partial charge in [-0.15, -0.1) is 10.1 Å². The monoisotopic (exact) mass is 320 g/mol. The summed E-state index contributed by atoms with van der Waals surface area (Å²) in [6.45, 7) is 0.965. The van der Waals surface area contributed by atoms with Crippen molar-refractivity contribution in [1.29, 1.82) is 0 Å². The molecule has 0 atom stereocenters. The quantitative estimate of drug-likeness (QED) is 0.332. The van der Waals surface area contributed by atoms with E-state index in [1.54, 1.807) is 7.11 Å². The molecular weight excluding hydrogens is 298 g/mol. The number of benzene rings is 1. The second-order valence-electron chi connectivity index (χ2n) is 5.24. The summed E-state index contributed by atoms with van der Waals surface area (Å²) >= 11 is 0. The summed E-state index contributed by atoms with van der Waals surface area (Å²) < 4.78 is 7.47. The van der Waals surface area contributed by atoms with Gasteiger partial charge in [0, 0.05) is 12.6 Å². The van der Waals surface area contributed by atoms with Crippen LogP contribution in [0.5, 0.6) is 5.75 Å². The van der Waals surface area contributed by atoms with Crippen LogP contribution in [0.1, 0.15) is 19.3 Å². The Hall–Kier alpha value is -2.57. The lowest BCUT2D eigenvalue weighted by atomic mass is 10.1. The minimum absolute atomic E-state index is 0.161. The Morgan fingerprint density at radius 2 is 2.09 bits per heavy atom. The lowest BCUT2D eigenvalue weighted by Gasteiger charge is -2.10. The normalized spacial score (nSPS) is 10.5. The van der Waals surface area contributed by atoms with Crippen molar-refractivity contribution < 1.29 is 19.2 Å². The number of nitrogens with zero attached hydrogens (tertiary/aromatic N) is 2. The molecule has 0 unspecified atom stereocenters. The standard InChI is InChI=1S/C16H21N3O4/c1-18-11-9-14(13-7-6-8-15(22-2)16(13)18)17-10-4-3-5-12-23-19(20)21/h6-9,11H,3-5,10,12H2,1-2H3/p+1. The van der Waals surface area contributed by atoms with Gasteiger partial charge >= 0.3 is 0 Å². The highest BCUT2D eigenvalue weighted by Crippen LogP contribution is 2.27. The molecule has 0 radical (unpaired) electrons. The molecule has 0 bridgehead atoms. The Bertz CT molecular complexity index is 676. The summed E-state index contributed by atoms with van der Waals surface area (Å²) in [7, 11) is 3.66. The van der Waals surface area contributed by atoms with E-state index in [0.29, 0.717) is 6.42 Å². The van der Waals surface area contributed by atoms with Gasteiger partial charge in [0.25, 0.3) is 10.6 Å². The Balaban J connectivity index is 1.93. The number of hydrogen-bond donors (Lipinski definition) is 1. The van der Waals surface area contributed by atoms with E-state index in [-0.39, 0.29) is 6.61 Å². The molecular formula is C16H22N3O4+. The van der Waals surface area contributed by atoms with E-state index >= 15 is 0 Å². The number of unbranched alkanes of at least 4 members (excludes halogenated alkanes) is 2. The summed E-state index contributed by atoms with van der Waals surface area (Å²) in [5, 5.41) is 13.8. The van der Waals surface area contributed by atoms with E-state index < -0.39 is 5.09 Å². The fourth-order valence-corrected chi connectivity index (χ4v) is 2.54. The van der Waals surface area contributed by atoms with E-state index in [2.05, 4.69) is 16.2 Å². The summed E-state index contributed by atoms with van der Waals surface area (Å²) in [5.74, 6) is 0.838. The first kappa shape index (κ1) is 16.8. The Kier molecular flexibility index (Phi) is 5.96. The number of para-hydroxylation sites is 1. The van der Waals surface area contributed by atoms with Crippen LogP contribution >= 0.6 is 0 Å². The van der Waals surface area contributed by atoms with Crippen LogP contribution in [0.3, 0.4) is 0 Å². The Morgan fingerprint density at radius 3 is 2.83 bits per heavy atom. The van der Waals surface area contributed by atoms with E-state index in [1.165, 1.54) is 0 Å². The third kappa shape index (κ3) is 4.45. The van der Waals surface area contributed by atoms with Gasteiger partial charge in [-0.25, -0.2) is 0 Å². The van der Waals surface area contributed by atoms with Crippen molar-refractivity contribution in [3.05, 3.63) is 40.6 Å². The maximum Gasteiger partial charge on any atom is 0.294 e. The molecule has 0 saturated carbocycles. The first-order chi connectivity index (χ1) is 11.1. The van der Waals surface area contributed by atoms with E-state index in [9.17, 15) is 10.1 Å². The topological polar surface area (TPSA) is 77.5 Å². The van der Waals surface area contributed by atoms with Crippen molar-refractivity contribution in [1.82, 2.24) is 0 Å². The number of anilines is 1. The summed E-state index contributed by atoms with van der Waals surface area (Å²) in [6.07, 6.45) is 4.48. The molecule has 1 heterocycles. The molecule has 23 heavy (non-hydrogen) atoms. The zero-order valence-corrected chi connectivity index (χ0v) is 13.4. The van der Waals surface area contributed by atoms with Crippen molar-refractivity contribution in [2.75, 3.05) is 25.6 Å². The second kappa shape index (κ2) is 8.17. The predicted molar refractivity (Wildman–Crippen MR) is 87.0 cm³/mol. The molecule has 7 heteroatoms. The minimum Gasteiger partial charge on any atom is -0.490 e. The third-order valence-corrected chi connectivity index (χ3v) is 3.66. The van der Waals surface area contributed by atoms with Gasteiger partial charge in [-0.1, -0.05) is 6.07 Å². The summed E-state index contributed by atoms with van der Waals surface area (Å²) in [6, 6.07) is 8.02. The zero-order valence-electron chi connectivity index (χ0n) is 13.4. The maximum absolute atomic E-state index is 10.0. The SMILES string of the molecule is COc1cccc2c(NCCCCCO[N+](=O)[O-])cc[n+](C)c12. The summed E-state index contributed by atoms with van der Waals surface area (Å²) in [4.78, 5) is 14.3. The molecule has 0 spiro atoms. The van der Waals surface area contributed by atoms with Crippen LogP contribution in [-0.4, -0.2) is 25.3 Å². The molecule has 0 aliphatic heterocycles. The van der Waals surface area contributed by atoms with Crippen molar-refractivity contribution in [3.8, 4) is 5.75 Å². The minimum atomic E-state index is -0.748. The molecule has 0 aliphatic rings. The van der Waals surface area contributed by atoms with E-state index in [0.717, 1.165) is 41.7 Å². The van der Waals surface area contributed by atoms with Gasteiger partial charge in [-0.3, -0.25) is 0 Å². The van der Waals surface area contributed by atoms with Gasteiger partial charge in [-0.2, -0.15) is 4.57 Å². The number of aromatic nitrogens is 1. The van der Waals surface area contributed by atoms with Gasteiger partial charge in [0.15, 0.2) is 11.9 Å². The molecule has 2 rings (SSSR count). The molecule has 0 fully saturated rings. The van der Waals surface area contributed by atoms with Crippen LogP contribution < -0.4 is 14.6 Å². The van der Waals surface area contributed by atoms with Gasteiger partial charge in [0.2, 0.25) is 0 Å². The van der Waals surface area contributed by atoms with E-state index in [1.807, 2.05) is 36.0 Å². The largest absolute Gasteiger partial charge is 0.490 e. The highest BCUT2D eigenvalue weighted by molar-refractivity contribution is 5.92. The summed E-state index contributed by atoms with van der Waals surface area (Å²) in [5.41, 5.74) is 2.10.